The molecular formula is C19H16F2N2OS. The Morgan fingerprint density at radius 2 is 1.96 bits per heavy atom. The zero-order valence-electron chi connectivity index (χ0n) is 13.8. The van der Waals surface area contributed by atoms with Crippen molar-refractivity contribution in [2.24, 2.45) is 4.99 Å². The summed E-state index contributed by atoms with van der Waals surface area (Å²) in [6.45, 7) is 8.14. The second-order valence-electron chi connectivity index (χ2n) is 5.73. The molecule has 0 bridgehead atoms. The van der Waals surface area contributed by atoms with E-state index in [2.05, 4.69) is 11.6 Å². The summed E-state index contributed by atoms with van der Waals surface area (Å²) in [7, 11) is 0. The summed E-state index contributed by atoms with van der Waals surface area (Å²) >= 11 is 1.31. The normalized spacial score (nSPS) is 11.9. The summed E-state index contributed by atoms with van der Waals surface area (Å²) in [6, 6.07) is 7.34. The van der Waals surface area contributed by atoms with Gasteiger partial charge in [-0.1, -0.05) is 29.5 Å². The average Bonchev–Trinajstić information content (AvgIpc) is 2.85. The van der Waals surface area contributed by atoms with E-state index in [1.54, 1.807) is 6.08 Å². The summed E-state index contributed by atoms with van der Waals surface area (Å²) in [4.78, 5) is 16.7. The van der Waals surface area contributed by atoms with E-state index in [-0.39, 0.29) is 0 Å². The molecule has 0 aliphatic heterocycles. The predicted molar refractivity (Wildman–Crippen MR) is 95.7 cm³/mol. The minimum atomic E-state index is -0.936. The number of amides is 1. The van der Waals surface area contributed by atoms with Crippen molar-refractivity contribution in [1.82, 2.24) is 4.57 Å². The van der Waals surface area contributed by atoms with E-state index in [0.29, 0.717) is 11.3 Å². The first kappa shape index (κ1) is 17.2. The number of carbonyl (C=O) groups is 1. The van der Waals surface area contributed by atoms with Crippen LogP contribution in [0.4, 0.5) is 8.78 Å². The molecule has 3 aromatic rings. The molecule has 0 radical (unpaired) electrons. The van der Waals surface area contributed by atoms with Crippen molar-refractivity contribution in [2.75, 3.05) is 0 Å². The molecular weight excluding hydrogens is 342 g/mol. The summed E-state index contributed by atoms with van der Waals surface area (Å²) in [6.07, 6.45) is 1.69. The Kier molecular flexibility index (Phi) is 4.63. The van der Waals surface area contributed by atoms with Crippen molar-refractivity contribution in [3.05, 3.63) is 76.1 Å². The number of allylic oxidation sites excluding steroid dienone is 1. The fourth-order valence-electron chi connectivity index (χ4n) is 2.82. The number of nitrogens with zero attached hydrogens (tertiary/aromatic N) is 2. The topological polar surface area (TPSA) is 34.4 Å². The number of benzene rings is 2. The second-order valence-corrected chi connectivity index (χ2v) is 6.74. The van der Waals surface area contributed by atoms with Gasteiger partial charge in [0.2, 0.25) is 0 Å². The highest BCUT2D eigenvalue weighted by Crippen LogP contribution is 2.23. The van der Waals surface area contributed by atoms with Crippen molar-refractivity contribution in [3.63, 3.8) is 0 Å². The van der Waals surface area contributed by atoms with Gasteiger partial charge in [0.15, 0.2) is 4.80 Å². The first-order chi connectivity index (χ1) is 11.9. The molecule has 0 N–H and O–H groups in total. The Bertz CT molecular complexity index is 1040. The maximum atomic E-state index is 13.8. The number of aromatic nitrogens is 1. The van der Waals surface area contributed by atoms with Crippen LogP contribution in [0.5, 0.6) is 0 Å². The van der Waals surface area contributed by atoms with E-state index in [4.69, 9.17) is 0 Å². The third-order valence-electron chi connectivity index (χ3n) is 3.80. The minimum absolute atomic E-state index is 0.385. The van der Waals surface area contributed by atoms with Crippen LogP contribution in [-0.4, -0.2) is 10.5 Å². The summed E-state index contributed by atoms with van der Waals surface area (Å²) in [5.74, 6) is -2.77. The molecule has 1 aromatic heterocycles. The van der Waals surface area contributed by atoms with Crippen LogP contribution in [0.25, 0.3) is 10.2 Å². The van der Waals surface area contributed by atoms with Crippen LogP contribution in [0.3, 0.4) is 0 Å². The van der Waals surface area contributed by atoms with E-state index in [1.165, 1.54) is 17.4 Å². The number of rotatable bonds is 3. The molecule has 0 aliphatic rings. The average molecular weight is 358 g/mol. The molecule has 25 heavy (non-hydrogen) atoms. The summed E-state index contributed by atoms with van der Waals surface area (Å²) in [5, 5.41) is 0. The molecule has 6 heteroatoms. The molecule has 3 rings (SSSR count). The van der Waals surface area contributed by atoms with Crippen molar-refractivity contribution in [3.8, 4) is 0 Å². The van der Waals surface area contributed by atoms with Crippen LogP contribution in [0.2, 0.25) is 0 Å². The predicted octanol–water partition coefficient (Wildman–Crippen LogP) is 4.52. The Labute approximate surface area is 147 Å². The lowest BCUT2D eigenvalue weighted by molar-refractivity contribution is 0.0990. The number of hydrogen-bond donors (Lipinski definition) is 0. The van der Waals surface area contributed by atoms with Crippen LogP contribution in [-0.2, 0) is 6.54 Å². The van der Waals surface area contributed by atoms with E-state index in [0.717, 1.165) is 33.5 Å². The van der Waals surface area contributed by atoms with E-state index >= 15 is 0 Å². The van der Waals surface area contributed by atoms with Crippen molar-refractivity contribution in [1.29, 1.82) is 0 Å². The lowest BCUT2D eigenvalue weighted by atomic mass is 10.1. The molecule has 0 atom stereocenters. The van der Waals surface area contributed by atoms with Gasteiger partial charge in [0.1, 0.15) is 17.2 Å². The Morgan fingerprint density at radius 1 is 1.28 bits per heavy atom. The minimum Gasteiger partial charge on any atom is -0.312 e. The second kappa shape index (κ2) is 6.72. The standard InChI is InChI=1S/C19H16F2N2OS/c1-4-8-23-17-12(3)9-11(2)10-15(17)25-19(23)22-18(24)16-13(20)6-5-7-14(16)21/h4-7,9-10H,1,8H2,2-3H3. The molecule has 1 amide bonds. The van der Waals surface area contributed by atoms with Gasteiger partial charge in [-0.2, -0.15) is 4.99 Å². The number of carbonyl (C=O) groups excluding carboxylic acids is 1. The maximum absolute atomic E-state index is 13.8. The van der Waals surface area contributed by atoms with Crippen molar-refractivity contribution in [2.45, 2.75) is 20.4 Å². The van der Waals surface area contributed by atoms with Crippen molar-refractivity contribution < 1.29 is 13.6 Å². The van der Waals surface area contributed by atoms with E-state index in [1.807, 2.05) is 30.5 Å². The molecule has 0 saturated heterocycles. The third-order valence-corrected chi connectivity index (χ3v) is 4.82. The van der Waals surface area contributed by atoms with Crippen LogP contribution < -0.4 is 4.80 Å². The van der Waals surface area contributed by atoms with Crippen LogP contribution in [0.15, 0.2) is 48.0 Å². The maximum Gasteiger partial charge on any atom is 0.285 e. The monoisotopic (exact) mass is 358 g/mol. The van der Waals surface area contributed by atoms with Gasteiger partial charge in [-0.15, -0.1) is 6.58 Å². The molecule has 2 aromatic carbocycles. The van der Waals surface area contributed by atoms with Crippen LogP contribution >= 0.6 is 11.3 Å². The largest absolute Gasteiger partial charge is 0.312 e. The van der Waals surface area contributed by atoms with Gasteiger partial charge >= 0.3 is 0 Å². The Morgan fingerprint density at radius 3 is 2.60 bits per heavy atom. The zero-order valence-corrected chi connectivity index (χ0v) is 14.7. The zero-order chi connectivity index (χ0) is 18.1. The molecule has 0 fully saturated rings. The van der Waals surface area contributed by atoms with Gasteiger partial charge in [0.05, 0.1) is 10.2 Å². The third kappa shape index (κ3) is 3.17. The number of aryl methyl sites for hydroxylation is 2. The molecule has 1 heterocycles. The fourth-order valence-corrected chi connectivity index (χ4v) is 4.03. The number of halogens is 2. The highest BCUT2D eigenvalue weighted by molar-refractivity contribution is 7.16. The molecule has 0 spiro atoms. The van der Waals surface area contributed by atoms with Gasteiger partial charge in [-0.3, -0.25) is 4.79 Å². The highest BCUT2D eigenvalue weighted by atomic mass is 32.1. The van der Waals surface area contributed by atoms with E-state index in [9.17, 15) is 13.6 Å². The first-order valence-electron chi connectivity index (χ1n) is 7.67. The molecule has 0 aliphatic carbocycles. The smallest absolute Gasteiger partial charge is 0.285 e. The van der Waals surface area contributed by atoms with Crippen molar-refractivity contribution >= 4 is 27.5 Å². The lowest BCUT2D eigenvalue weighted by Gasteiger charge is -2.05. The number of hydrogen-bond acceptors (Lipinski definition) is 2. The Hall–Kier alpha value is -2.60. The van der Waals surface area contributed by atoms with Gasteiger partial charge in [-0.25, -0.2) is 8.78 Å². The lowest BCUT2D eigenvalue weighted by Crippen LogP contribution is -2.17. The highest BCUT2D eigenvalue weighted by Gasteiger charge is 2.17. The summed E-state index contributed by atoms with van der Waals surface area (Å²) in [5.41, 5.74) is 2.43. The van der Waals surface area contributed by atoms with Crippen LogP contribution in [0, 0.1) is 25.5 Å². The van der Waals surface area contributed by atoms with E-state index < -0.39 is 23.1 Å². The number of thiazole rings is 1. The van der Waals surface area contributed by atoms with Gasteiger partial charge in [0.25, 0.3) is 5.91 Å². The van der Waals surface area contributed by atoms with Crippen LogP contribution in [0.1, 0.15) is 21.5 Å². The fraction of sp³-hybridized carbons (Fsp3) is 0.158. The molecule has 0 saturated carbocycles. The SMILES string of the molecule is C=CCn1c(=NC(=O)c2c(F)cccc2F)sc2cc(C)cc(C)c21. The Balaban J connectivity index is 2.26. The van der Waals surface area contributed by atoms with Gasteiger partial charge < -0.3 is 4.57 Å². The molecule has 0 unspecified atom stereocenters. The first-order valence-corrected chi connectivity index (χ1v) is 8.48. The quantitative estimate of drug-likeness (QED) is 0.634. The summed E-state index contributed by atoms with van der Waals surface area (Å²) < 4.78 is 30.5. The van der Waals surface area contributed by atoms with Gasteiger partial charge in [-0.05, 0) is 43.2 Å². The molecule has 3 nitrogen and oxygen atoms in total. The number of fused-ring (bicyclic) bond motifs is 1. The van der Waals surface area contributed by atoms with Gasteiger partial charge in [0, 0.05) is 6.54 Å². The molecule has 128 valence electrons.